The number of hydrogen-bond donors (Lipinski definition) is 1. The molecule has 0 atom stereocenters. The van der Waals surface area contributed by atoms with E-state index in [4.69, 9.17) is 10.5 Å². The van der Waals surface area contributed by atoms with Gasteiger partial charge in [0.2, 0.25) is 0 Å². The number of nitrogens with two attached hydrogens (primary N) is 1. The Morgan fingerprint density at radius 2 is 2.38 bits per heavy atom. The highest BCUT2D eigenvalue weighted by Crippen LogP contribution is 1.72. The highest BCUT2D eigenvalue weighted by molar-refractivity contribution is 5.81. The van der Waals surface area contributed by atoms with Gasteiger partial charge in [0, 0.05) is 6.61 Å². The summed E-state index contributed by atoms with van der Waals surface area (Å²) in [7, 11) is 0. The number of hydrogen-bond acceptors (Lipinski definition) is 3. The van der Waals surface area contributed by atoms with Gasteiger partial charge in [0.15, 0.2) is 5.78 Å². The molecule has 3 heteroatoms. The molecule has 0 aromatic heterocycles. The zero-order valence-electron chi connectivity index (χ0n) is 5.02. The van der Waals surface area contributed by atoms with Gasteiger partial charge in [-0.05, 0) is 6.92 Å². The van der Waals surface area contributed by atoms with E-state index in [0.717, 1.165) is 0 Å². The van der Waals surface area contributed by atoms with Crippen molar-refractivity contribution in [3.05, 3.63) is 0 Å². The average Bonchev–Trinajstić information content (AvgIpc) is 1.83. The molecule has 0 aromatic carbocycles. The summed E-state index contributed by atoms with van der Waals surface area (Å²) >= 11 is 0. The quantitative estimate of drug-likeness (QED) is 0.542. The molecule has 0 aliphatic carbocycles. The molecule has 0 saturated heterocycles. The number of rotatable bonds is 4. The molecule has 0 bridgehead atoms. The summed E-state index contributed by atoms with van der Waals surface area (Å²) in [6.45, 7) is 2.66. The molecule has 0 rings (SSSR count). The lowest BCUT2D eigenvalue weighted by atomic mass is 10.4. The van der Waals surface area contributed by atoms with E-state index in [1.165, 1.54) is 0 Å². The van der Waals surface area contributed by atoms with Crippen LogP contribution < -0.4 is 5.73 Å². The van der Waals surface area contributed by atoms with Crippen molar-refractivity contribution < 1.29 is 9.53 Å². The van der Waals surface area contributed by atoms with E-state index in [2.05, 4.69) is 0 Å². The largest absolute Gasteiger partial charge is 0.374 e. The van der Waals surface area contributed by atoms with Crippen LogP contribution in [-0.2, 0) is 9.53 Å². The fourth-order valence-corrected chi connectivity index (χ4v) is 0.275. The van der Waals surface area contributed by atoms with E-state index < -0.39 is 0 Å². The first kappa shape index (κ1) is 7.59. The maximum absolute atomic E-state index is 10.3. The van der Waals surface area contributed by atoms with Gasteiger partial charge in [0.25, 0.3) is 0 Å². The Morgan fingerprint density at radius 1 is 1.75 bits per heavy atom. The fraction of sp³-hybridized carbons (Fsp3) is 0.800. The van der Waals surface area contributed by atoms with Crippen molar-refractivity contribution in [2.24, 2.45) is 5.73 Å². The number of ether oxygens (including phenoxy) is 1. The smallest absolute Gasteiger partial charge is 0.171 e. The Balaban J connectivity index is 2.99. The minimum absolute atomic E-state index is 0.0492. The van der Waals surface area contributed by atoms with Gasteiger partial charge in [-0.25, -0.2) is 0 Å². The molecule has 0 radical (unpaired) electrons. The summed E-state index contributed by atoms with van der Waals surface area (Å²) in [5.74, 6) is -0.0492. The standard InChI is InChI=1S/C5H11NO2/c1-2-8-4-5(7)3-6/h2-4,6H2,1H3. The molecule has 0 aliphatic rings. The van der Waals surface area contributed by atoms with Crippen LogP contribution in [0.2, 0.25) is 0 Å². The summed E-state index contributed by atoms with van der Waals surface area (Å²) in [6, 6.07) is 0. The summed E-state index contributed by atoms with van der Waals surface area (Å²) < 4.78 is 4.76. The predicted molar refractivity (Wildman–Crippen MR) is 30.6 cm³/mol. The van der Waals surface area contributed by atoms with Crippen molar-refractivity contribution >= 4 is 5.78 Å². The molecule has 0 unspecified atom stereocenters. The topological polar surface area (TPSA) is 52.3 Å². The number of carbonyl (C=O) groups excluding carboxylic acids is 1. The van der Waals surface area contributed by atoms with Crippen LogP contribution in [-0.4, -0.2) is 25.5 Å². The molecule has 48 valence electrons. The van der Waals surface area contributed by atoms with E-state index in [1.54, 1.807) is 0 Å². The summed E-state index contributed by atoms with van der Waals surface area (Å²) in [5, 5.41) is 0. The van der Waals surface area contributed by atoms with E-state index in [9.17, 15) is 4.79 Å². The van der Waals surface area contributed by atoms with Crippen molar-refractivity contribution in [2.45, 2.75) is 6.92 Å². The maximum atomic E-state index is 10.3. The molecule has 8 heavy (non-hydrogen) atoms. The van der Waals surface area contributed by atoms with Crippen molar-refractivity contribution in [1.82, 2.24) is 0 Å². The van der Waals surface area contributed by atoms with Crippen LogP contribution >= 0.6 is 0 Å². The minimum atomic E-state index is -0.0492. The summed E-state index contributed by atoms with van der Waals surface area (Å²) in [5.41, 5.74) is 4.98. The van der Waals surface area contributed by atoms with Gasteiger partial charge < -0.3 is 10.5 Å². The van der Waals surface area contributed by atoms with Gasteiger partial charge in [-0.1, -0.05) is 0 Å². The fourth-order valence-electron chi connectivity index (χ4n) is 0.275. The third kappa shape index (κ3) is 3.77. The van der Waals surface area contributed by atoms with Crippen LogP contribution in [0.5, 0.6) is 0 Å². The van der Waals surface area contributed by atoms with Gasteiger partial charge in [-0.2, -0.15) is 0 Å². The summed E-state index contributed by atoms with van der Waals surface area (Å²) in [6.07, 6.45) is 0. The van der Waals surface area contributed by atoms with Crippen LogP contribution in [0.1, 0.15) is 6.92 Å². The zero-order valence-corrected chi connectivity index (χ0v) is 5.02. The molecule has 0 spiro atoms. The normalized spacial score (nSPS) is 9.25. The molecule has 0 fully saturated rings. The average molecular weight is 117 g/mol. The first-order valence-corrected chi connectivity index (χ1v) is 2.60. The molecule has 0 heterocycles. The second-order valence-electron chi connectivity index (χ2n) is 1.38. The van der Waals surface area contributed by atoms with Gasteiger partial charge in [0.05, 0.1) is 6.54 Å². The maximum Gasteiger partial charge on any atom is 0.171 e. The second kappa shape index (κ2) is 4.74. The van der Waals surface area contributed by atoms with Crippen LogP contribution in [0.4, 0.5) is 0 Å². The third-order valence-electron chi connectivity index (χ3n) is 0.695. The van der Waals surface area contributed by atoms with E-state index in [-0.39, 0.29) is 18.9 Å². The first-order chi connectivity index (χ1) is 3.81. The van der Waals surface area contributed by atoms with Crippen molar-refractivity contribution in [2.75, 3.05) is 19.8 Å². The first-order valence-electron chi connectivity index (χ1n) is 2.60. The predicted octanol–water partition coefficient (Wildman–Crippen LogP) is -0.449. The van der Waals surface area contributed by atoms with Gasteiger partial charge in [-0.3, -0.25) is 4.79 Å². The van der Waals surface area contributed by atoms with Gasteiger partial charge in [-0.15, -0.1) is 0 Å². The highest BCUT2D eigenvalue weighted by atomic mass is 16.5. The lowest BCUT2D eigenvalue weighted by Crippen LogP contribution is -2.18. The van der Waals surface area contributed by atoms with Crippen LogP contribution in [0.25, 0.3) is 0 Å². The third-order valence-corrected chi connectivity index (χ3v) is 0.695. The summed E-state index contributed by atoms with van der Waals surface area (Å²) in [4.78, 5) is 10.3. The highest BCUT2D eigenvalue weighted by Gasteiger charge is 1.94. The minimum Gasteiger partial charge on any atom is -0.374 e. The van der Waals surface area contributed by atoms with Crippen LogP contribution in [0.3, 0.4) is 0 Å². The van der Waals surface area contributed by atoms with Crippen LogP contribution in [0.15, 0.2) is 0 Å². The molecule has 2 N–H and O–H groups in total. The van der Waals surface area contributed by atoms with Crippen molar-refractivity contribution in [1.29, 1.82) is 0 Å². The SMILES string of the molecule is CCOCC(=O)CN. The second-order valence-corrected chi connectivity index (χ2v) is 1.38. The Kier molecular flexibility index (Phi) is 4.50. The molecule has 0 aliphatic heterocycles. The van der Waals surface area contributed by atoms with E-state index in [0.29, 0.717) is 6.61 Å². The Morgan fingerprint density at radius 3 is 2.75 bits per heavy atom. The molecule has 0 aromatic rings. The van der Waals surface area contributed by atoms with Gasteiger partial charge >= 0.3 is 0 Å². The Labute approximate surface area is 48.8 Å². The van der Waals surface area contributed by atoms with Crippen molar-refractivity contribution in [3.8, 4) is 0 Å². The number of ketones is 1. The van der Waals surface area contributed by atoms with E-state index >= 15 is 0 Å². The van der Waals surface area contributed by atoms with Crippen LogP contribution in [0, 0.1) is 0 Å². The van der Waals surface area contributed by atoms with E-state index in [1.807, 2.05) is 6.92 Å². The number of carbonyl (C=O) groups is 1. The number of Topliss-reactive ketones (excluding diaryl/α,β-unsaturated/α-hetero) is 1. The Bertz CT molecular complexity index is 72.8. The molecular weight excluding hydrogens is 106 g/mol. The van der Waals surface area contributed by atoms with Crippen molar-refractivity contribution in [3.63, 3.8) is 0 Å². The molecule has 3 nitrogen and oxygen atoms in total. The van der Waals surface area contributed by atoms with Gasteiger partial charge in [0.1, 0.15) is 6.61 Å². The molecule has 0 amide bonds. The molecule has 0 saturated carbocycles. The lowest BCUT2D eigenvalue weighted by molar-refractivity contribution is -0.122. The monoisotopic (exact) mass is 117 g/mol. The Hall–Kier alpha value is -0.410. The zero-order chi connectivity index (χ0) is 6.41. The lowest BCUT2D eigenvalue weighted by Gasteiger charge is -1.94. The molecular formula is C5H11NO2.